The molecule has 1 fully saturated rings. The van der Waals surface area contributed by atoms with Crippen molar-refractivity contribution in [3.63, 3.8) is 0 Å². The number of hydrogen-bond acceptors (Lipinski definition) is 4. The number of aromatic nitrogens is 6. The second-order valence-electron chi connectivity index (χ2n) is 8.02. The van der Waals surface area contributed by atoms with E-state index in [1.54, 1.807) is 6.20 Å². The molecule has 0 aliphatic heterocycles. The molecule has 0 atom stereocenters. The molecule has 1 aliphatic carbocycles. The van der Waals surface area contributed by atoms with Gasteiger partial charge in [-0.3, -0.25) is 4.79 Å². The van der Waals surface area contributed by atoms with Crippen molar-refractivity contribution in [3.05, 3.63) is 76.6 Å². The van der Waals surface area contributed by atoms with Crippen LogP contribution in [0, 0.1) is 19.7 Å². The van der Waals surface area contributed by atoms with Crippen LogP contribution < -0.4 is 5.56 Å². The van der Waals surface area contributed by atoms with E-state index in [9.17, 15) is 9.18 Å². The zero-order chi connectivity index (χ0) is 21.3. The summed E-state index contributed by atoms with van der Waals surface area (Å²) in [6.07, 6.45) is 8.29. The quantitative estimate of drug-likeness (QED) is 0.447. The van der Waals surface area contributed by atoms with Gasteiger partial charge in [-0.1, -0.05) is 6.07 Å². The molecule has 0 spiro atoms. The van der Waals surface area contributed by atoms with Gasteiger partial charge in [0.2, 0.25) is 0 Å². The molecule has 7 nitrogen and oxygen atoms in total. The first-order valence-corrected chi connectivity index (χ1v) is 10.2. The van der Waals surface area contributed by atoms with Gasteiger partial charge in [0.15, 0.2) is 5.82 Å². The molecule has 1 saturated carbocycles. The topological polar surface area (TPSA) is 70.5 Å². The normalized spacial score (nSPS) is 14.0. The molecule has 1 aliphatic rings. The maximum atomic E-state index is 13.3. The lowest BCUT2D eigenvalue weighted by Gasteiger charge is -2.12. The highest BCUT2D eigenvalue weighted by atomic mass is 19.1. The van der Waals surface area contributed by atoms with Gasteiger partial charge in [-0.25, -0.2) is 14.4 Å². The van der Waals surface area contributed by atoms with Crippen LogP contribution in [0.3, 0.4) is 0 Å². The summed E-state index contributed by atoms with van der Waals surface area (Å²) >= 11 is 0. The summed E-state index contributed by atoms with van der Waals surface area (Å²) in [5.74, 6) is -0.524. The number of halogens is 1. The molecule has 0 bridgehead atoms. The molecule has 8 heteroatoms. The highest BCUT2D eigenvalue weighted by molar-refractivity contribution is 5.93. The van der Waals surface area contributed by atoms with Crippen LogP contribution in [0.2, 0.25) is 0 Å². The van der Waals surface area contributed by atoms with Gasteiger partial charge < -0.3 is 9.13 Å². The summed E-state index contributed by atoms with van der Waals surface area (Å²) < 4.78 is 18.8. The minimum Gasteiger partial charge on any atom is -0.344 e. The average Bonchev–Trinajstić information content (AvgIpc) is 3.46. The lowest BCUT2D eigenvalue weighted by Crippen LogP contribution is -2.23. The Morgan fingerprint density at radius 2 is 1.77 bits per heavy atom. The highest BCUT2D eigenvalue weighted by Crippen LogP contribution is 2.39. The van der Waals surface area contributed by atoms with E-state index >= 15 is 0 Å². The van der Waals surface area contributed by atoms with Crippen molar-refractivity contribution in [2.45, 2.75) is 32.7 Å². The van der Waals surface area contributed by atoms with Crippen LogP contribution >= 0.6 is 0 Å². The van der Waals surface area contributed by atoms with Gasteiger partial charge in [0.25, 0.3) is 11.5 Å². The summed E-state index contributed by atoms with van der Waals surface area (Å²) in [6, 6.07) is 9.02. The number of rotatable bonds is 3. The van der Waals surface area contributed by atoms with Crippen LogP contribution in [0.15, 0.2) is 53.8 Å². The van der Waals surface area contributed by atoms with E-state index in [2.05, 4.69) is 54.7 Å². The predicted octanol–water partition coefficient (Wildman–Crippen LogP) is 4.01. The van der Waals surface area contributed by atoms with Crippen molar-refractivity contribution in [1.29, 1.82) is 0 Å². The molecule has 31 heavy (non-hydrogen) atoms. The van der Waals surface area contributed by atoms with E-state index in [1.807, 2.05) is 13.8 Å². The van der Waals surface area contributed by atoms with Crippen molar-refractivity contribution < 1.29 is 4.39 Å². The molecular weight excluding hydrogens is 395 g/mol. The Hall–Kier alpha value is -3.81. The fourth-order valence-electron chi connectivity index (χ4n) is 4.52. The Kier molecular flexibility index (Phi) is 3.68. The molecule has 0 saturated heterocycles. The van der Waals surface area contributed by atoms with E-state index < -0.39 is 5.82 Å². The van der Waals surface area contributed by atoms with Crippen molar-refractivity contribution in [1.82, 2.24) is 28.9 Å². The van der Waals surface area contributed by atoms with Crippen LogP contribution in [-0.4, -0.2) is 28.9 Å². The second-order valence-corrected chi connectivity index (χ2v) is 8.02. The Balaban J connectivity index is 1.60. The zero-order valence-corrected chi connectivity index (χ0v) is 17.1. The Morgan fingerprint density at radius 1 is 1.00 bits per heavy atom. The van der Waals surface area contributed by atoms with Crippen LogP contribution in [0.5, 0.6) is 0 Å². The number of fused-ring (bicyclic) bond motifs is 2. The largest absolute Gasteiger partial charge is 0.344 e. The van der Waals surface area contributed by atoms with Crippen molar-refractivity contribution in [3.8, 4) is 11.6 Å². The summed E-state index contributed by atoms with van der Waals surface area (Å²) in [4.78, 5) is 21.1. The van der Waals surface area contributed by atoms with Crippen LogP contribution in [0.1, 0.15) is 30.3 Å². The molecule has 4 aromatic heterocycles. The molecule has 0 radical (unpaired) electrons. The van der Waals surface area contributed by atoms with E-state index in [4.69, 9.17) is 0 Å². The SMILES string of the molecule is Cc1c2cnn(-c3ncc(F)cn3)c(=O)c2c(C)n1-c1cccc2c1ccn2C1CC1. The monoisotopic (exact) mass is 414 g/mol. The first kappa shape index (κ1) is 18.0. The molecule has 5 aromatic rings. The molecule has 6 rings (SSSR count). The number of benzene rings is 1. The van der Waals surface area contributed by atoms with Crippen molar-refractivity contribution in [2.75, 3.05) is 0 Å². The number of hydrogen-bond donors (Lipinski definition) is 0. The first-order chi connectivity index (χ1) is 15.0. The first-order valence-electron chi connectivity index (χ1n) is 10.2. The van der Waals surface area contributed by atoms with Gasteiger partial charge in [-0.15, -0.1) is 0 Å². The summed E-state index contributed by atoms with van der Waals surface area (Å²) in [7, 11) is 0. The van der Waals surface area contributed by atoms with Gasteiger partial charge in [0, 0.05) is 34.4 Å². The third kappa shape index (κ3) is 2.57. The Labute approximate surface area is 176 Å². The van der Waals surface area contributed by atoms with Crippen LogP contribution in [0.25, 0.3) is 33.3 Å². The van der Waals surface area contributed by atoms with E-state index in [1.165, 1.54) is 18.4 Å². The number of nitrogens with zero attached hydrogens (tertiary/aromatic N) is 6. The Morgan fingerprint density at radius 3 is 2.52 bits per heavy atom. The highest BCUT2D eigenvalue weighted by Gasteiger charge is 2.25. The molecule has 154 valence electrons. The third-order valence-corrected chi connectivity index (χ3v) is 6.12. The third-order valence-electron chi connectivity index (χ3n) is 6.12. The molecule has 0 unspecified atom stereocenters. The smallest absolute Gasteiger partial charge is 0.283 e. The zero-order valence-electron chi connectivity index (χ0n) is 17.1. The predicted molar refractivity (Wildman–Crippen MR) is 115 cm³/mol. The molecule has 0 amide bonds. The van der Waals surface area contributed by atoms with Gasteiger partial charge >= 0.3 is 0 Å². The number of aryl methyl sites for hydroxylation is 2. The van der Waals surface area contributed by atoms with Crippen molar-refractivity contribution in [2.24, 2.45) is 0 Å². The maximum Gasteiger partial charge on any atom is 0.283 e. The van der Waals surface area contributed by atoms with E-state index in [-0.39, 0.29) is 11.5 Å². The fourth-order valence-corrected chi connectivity index (χ4v) is 4.52. The second kappa shape index (κ2) is 6.34. The van der Waals surface area contributed by atoms with Gasteiger partial charge in [-0.05, 0) is 44.9 Å². The standard InChI is InChI=1S/C23H19FN6O/c1-13-18-12-27-30(23-25-10-15(24)11-26-23)22(31)21(18)14(2)29(13)20-5-3-4-19-17(20)8-9-28(19)16-6-7-16/h3-5,8-12,16H,6-7H2,1-2H3. The van der Waals surface area contributed by atoms with Gasteiger partial charge in [0.1, 0.15) is 0 Å². The molecular formula is C23H19FN6O. The van der Waals surface area contributed by atoms with Crippen LogP contribution in [-0.2, 0) is 0 Å². The van der Waals surface area contributed by atoms with Crippen LogP contribution in [0.4, 0.5) is 4.39 Å². The summed E-state index contributed by atoms with van der Waals surface area (Å²) in [5, 5.41) is 6.73. The van der Waals surface area contributed by atoms with E-state index in [0.717, 1.165) is 44.9 Å². The summed E-state index contributed by atoms with van der Waals surface area (Å²) in [5.41, 5.74) is 3.67. The molecule has 0 N–H and O–H groups in total. The van der Waals surface area contributed by atoms with Gasteiger partial charge in [-0.2, -0.15) is 9.78 Å². The summed E-state index contributed by atoms with van der Waals surface area (Å²) in [6.45, 7) is 3.93. The van der Waals surface area contributed by atoms with Gasteiger partial charge in [0.05, 0.1) is 35.2 Å². The molecule has 4 heterocycles. The van der Waals surface area contributed by atoms with Crippen molar-refractivity contribution >= 4 is 21.7 Å². The Bertz CT molecular complexity index is 1540. The minimum absolute atomic E-state index is 0.0433. The fraction of sp³-hybridized carbons (Fsp3) is 0.217. The van der Waals surface area contributed by atoms with E-state index in [0.29, 0.717) is 11.4 Å². The minimum atomic E-state index is -0.567. The maximum absolute atomic E-state index is 13.3. The average molecular weight is 414 g/mol. The molecule has 1 aromatic carbocycles. The lowest BCUT2D eigenvalue weighted by atomic mass is 10.2. The lowest BCUT2D eigenvalue weighted by molar-refractivity contribution is 0.607.